The van der Waals surface area contributed by atoms with Crippen molar-refractivity contribution in [3.63, 3.8) is 0 Å². The van der Waals surface area contributed by atoms with Gasteiger partial charge in [-0.2, -0.15) is 0 Å². The van der Waals surface area contributed by atoms with Crippen molar-refractivity contribution in [2.75, 3.05) is 6.54 Å². The zero-order valence-electron chi connectivity index (χ0n) is 10.7. The van der Waals surface area contributed by atoms with E-state index in [0.29, 0.717) is 11.2 Å². The minimum atomic E-state index is 0.0985. The van der Waals surface area contributed by atoms with Gasteiger partial charge in [0, 0.05) is 11.4 Å². The molecule has 2 nitrogen and oxygen atoms in total. The summed E-state index contributed by atoms with van der Waals surface area (Å²) < 4.78 is 0. The Morgan fingerprint density at radius 2 is 2.06 bits per heavy atom. The van der Waals surface area contributed by atoms with Crippen molar-refractivity contribution < 1.29 is 4.79 Å². The molecule has 1 rings (SSSR count). The highest BCUT2D eigenvalue weighted by molar-refractivity contribution is 9.09. The number of hydrogen-bond acceptors (Lipinski definition) is 1. The maximum atomic E-state index is 11.7. The summed E-state index contributed by atoms with van der Waals surface area (Å²) in [6, 6.07) is 6.18. The second kappa shape index (κ2) is 6.80. The quantitative estimate of drug-likeness (QED) is 0.831. The van der Waals surface area contributed by atoms with Crippen LogP contribution >= 0.6 is 15.9 Å². The molecular weight excluding hydrogens is 278 g/mol. The lowest BCUT2D eigenvalue weighted by Gasteiger charge is -2.07. The van der Waals surface area contributed by atoms with Crippen molar-refractivity contribution in [1.82, 2.24) is 5.32 Å². The van der Waals surface area contributed by atoms with E-state index in [1.165, 1.54) is 11.1 Å². The zero-order chi connectivity index (χ0) is 12.8. The van der Waals surface area contributed by atoms with Gasteiger partial charge in [-0.05, 0) is 37.0 Å². The number of hydrogen-bond donors (Lipinski definition) is 1. The fourth-order valence-electron chi connectivity index (χ4n) is 1.57. The number of amides is 1. The molecule has 0 bridgehead atoms. The summed E-state index contributed by atoms with van der Waals surface area (Å²) in [5.41, 5.74) is 3.59. The Hall–Kier alpha value is -0.830. The number of nitrogens with one attached hydrogen (secondary N) is 1. The average Bonchev–Trinajstić information content (AvgIpc) is 2.23. The number of carbonyl (C=O) groups is 1. The summed E-state index contributed by atoms with van der Waals surface area (Å²) in [5, 5.41) is 2.93. The highest BCUT2D eigenvalue weighted by atomic mass is 79.9. The molecule has 0 spiro atoms. The van der Waals surface area contributed by atoms with Crippen LogP contribution in [0.1, 0.15) is 30.0 Å². The van der Waals surface area contributed by atoms with Crippen molar-refractivity contribution in [3.8, 4) is 0 Å². The Bertz CT molecular complexity index is 388. The second-order valence-corrected chi connectivity index (χ2v) is 6.08. The summed E-state index contributed by atoms with van der Waals surface area (Å²) >= 11 is 3.46. The molecule has 0 saturated heterocycles. The standard InChI is InChI=1S/C14H20BrNO/c1-10-4-5-13(8-11(10)2)9-14(17)16-7-6-12(3)15/h4-5,8,12H,6-7,9H2,1-3H3,(H,16,17). The molecule has 1 unspecified atom stereocenters. The maximum absolute atomic E-state index is 11.7. The van der Waals surface area contributed by atoms with Gasteiger partial charge in [0.2, 0.25) is 5.91 Å². The van der Waals surface area contributed by atoms with E-state index < -0.39 is 0 Å². The Morgan fingerprint density at radius 1 is 1.35 bits per heavy atom. The van der Waals surface area contributed by atoms with Gasteiger partial charge < -0.3 is 5.32 Å². The number of aryl methyl sites for hydroxylation is 2. The van der Waals surface area contributed by atoms with Gasteiger partial charge in [-0.15, -0.1) is 0 Å². The third-order valence-corrected chi connectivity index (χ3v) is 3.26. The lowest BCUT2D eigenvalue weighted by atomic mass is 10.0. The first-order valence-corrected chi connectivity index (χ1v) is 6.87. The molecule has 0 radical (unpaired) electrons. The molecule has 0 saturated carbocycles. The Kier molecular flexibility index (Phi) is 5.69. The molecule has 3 heteroatoms. The number of rotatable bonds is 5. The molecule has 1 atom stereocenters. The largest absolute Gasteiger partial charge is 0.356 e. The molecule has 94 valence electrons. The van der Waals surface area contributed by atoms with E-state index in [2.05, 4.69) is 54.2 Å². The van der Waals surface area contributed by atoms with Crippen LogP contribution < -0.4 is 5.32 Å². The molecule has 0 aromatic heterocycles. The molecule has 17 heavy (non-hydrogen) atoms. The van der Waals surface area contributed by atoms with E-state index in [-0.39, 0.29) is 5.91 Å². The summed E-state index contributed by atoms with van der Waals surface area (Å²) in [7, 11) is 0. The maximum Gasteiger partial charge on any atom is 0.224 e. The Balaban J connectivity index is 2.42. The van der Waals surface area contributed by atoms with Gasteiger partial charge in [-0.1, -0.05) is 41.1 Å². The van der Waals surface area contributed by atoms with Crippen LogP contribution in [-0.2, 0) is 11.2 Å². The monoisotopic (exact) mass is 297 g/mol. The first-order chi connectivity index (χ1) is 7.99. The molecule has 1 amide bonds. The molecular formula is C14H20BrNO. The van der Waals surface area contributed by atoms with Crippen LogP contribution in [-0.4, -0.2) is 17.3 Å². The Labute approximate surface area is 112 Å². The van der Waals surface area contributed by atoms with Gasteiger partial charge in [-0.3, -0.25) is 4.79 Å². The van der Waals surface area contributed by atoms with Crippen molar-refractivity contribution in [2.45, 2.75) is 38.4 Å². The van der Waals surface area contributed by atoms with Gasteiger partial charge in [-0.25, -0.2) is 0 Å². The van der Waals surface area contributed by atoms with E-state index >= 15 is 0 Å². The SMILES string of the molecule is Cc1ccc(CC(=O)NCCC(C)Br)cc1C. The fraction of sp³-hybridized carbons (Fsp3) is 0.500. The molecule has 0 aliphatic heterocycles. The summed E-state index contributed by atoms with van der Waals surface area (Å²) in [5.74, 6) is 0.0985. The van der Waals surface area contributed by atoms with Gasteiger partial charge >= 0.3 is 0 Å². The summed E-state index contributed by atoms with van der Waals surface area (Å²) in [6.07, 6.45) is 1.43. The molecule has 0 heterocycles. The molecule has 0 aliphatic rings. The van der Waals surface area contributed by atoms with Crippen molar-refractivity contribution in [1.29, 1.82) is 0 Å². The third-order valence-electron chi connectivity index (χ3n) is 2.80. The molecule has 1 aromatic carbocycles. The van der Waals surface area contributed by atoms with E-state index in [4.69, 9.17) is 0 Å². The van der Waals surface area contributed by atoms with Crippen LogP contribution in [0.4, 0.5) is 0 Å². The van der Waals surface area contributed by atoms with Crippen LogP contribution in [0.2, 0.25) is 0 Å². The number of alkyl halides is 1. The van der Waals surface area contributed by atoms with Crippen LogP contribution in [0.3, 0.4) is 0 Å². The van der Waals surface area contributed by atoms with Crippen LogP contribution in [0.25, 0.3) is 0 Å². The normalized spacial score (nSPS) is 12.2. The van der Waals surface area contributed by atoms with Crippen molar-refractivity contribution >= 4 is 21.8 Å². The number of halogens is 1. The predicted molar refractivity (Wildman–Crippen MR) is 75.6 cm³/mol. The van der Waals surface area contributed by atoms with E-state index in [0.717, 1.165) is 18.5 Å². The van der Waals surface area contributed by atoms with Gasteiger partial charge in [0.15, 0.2) is 0 Å². The number of benzene rings is 1. The van der Waals surface area contributed by atoms with E-state index in [9.17, 15) is 4.79 Å². The van der Waals surface area contributed by atoms with Crippen LogP contribution in [0.15, 0.2) is 18.2 Å². The lowest BCUT2D eigenvalue weighted by Crippen LogP contribution is -2.27. The van der Waals surface area contributed by atoms with Crippen molar-refractivity contribution in [3.05, 3.63) is 34.9 Å². The predicted octanol–water partition coefficient (Wildman–Crippen LogP) is 3.14. The summed E-state index contributed by atoms with van der Waals surface area (Å²) in [4.78, 5) is 12.1. The third kappa shape index (κ3) is 5.35. The van der Waals surface area contributed by atoms with Gasteiger partial charge in [0.05, 0.1) is 6.42 Å². The summed E-state index contributed by atoms with van der Waals surface area (Å²) in [6.45, 7) is 6.96. The smallest absolute Gasteiger partial charge is 0.224 e. The second-order valence-electron chi connectivity index (χ2n) is 4.51. The van der Waals surface area contributed by atoms with Gasteiger partial charge in [0.1, 0.15) is 0 Å². The molecule has 0 fully saturated rings. The highest BCUT2D eigenvalue weighted by Crippen LogP contribution is 2.10. The molecule has 0 aliphatic carbocycles. The topological polar surface area (TPSA) is 29.1 Å². The van der Waals surface area contributed by atoms with Crippen LogP contribution in [0.5, 0.6) is 0 Å². The van der Waals surface area contributed by atoms with E-state index in [1.807, 2.05) is 6.07 Å². The average molecular weight is 298 g/mol. The van der Waals surface area contributed by atoms with Crippen molar-refractivity contribution in [2.24, 2.45) is 0 Å². The lowest BCUT2D eigenvalue weighted by molar-refractivity contribution is -0.120. The minimum Gasteiger partial charge on any atom is -0.356 e. The first-order valence-electron chi connectivity index (χ1n) is 5.96. The van der Waals surface area contributed by atoms with Crippen LogP contribution in [0, 0.1) is 13.8 Å². The Morgan fingerprint density at radius 3 is 2.65 bits per heavy atom. The molecule has 1 N–H and O–H groups in total. The van der Waals surface area contributed by atoms with E-state index in [1.54, 1.807) is 0 Å². The number of carbonyl (C=O) groups excluding carboxylic acids is 1. The highest BCUT2D eigenvalue weighted by Gasteiger charge is 2.04. The minimum absolute atomic E-state index is 0.0985. The zero-order valence-corrected chi connectivity index (χ0v) is 12.3. The first kappa shape index (κ1) is 14.2. The van der Waals surface area contributed by atoms with Gasteiger partial charge in [0.25, 0.3) is 0 Å². The fourth-order valence-corrected chi connectivity index (χ4v) is 1.80. The molecule has 1 aromatic rings.